The molecule has 0 bridgehead atoms. The average Bonchev–Trinajstić information content (AvgIpc) is 2.10. The summed E-state index contributed by atoms with van der Waals surface area (Å²) in [4.78, 5) is 0. The Morgan fingerprint density at radius 3 is 1.94 bits per heavy atom. The lowest BCUT2D eigenvalue weighted by atomic mass is 9.81. The van der Waals surface area contributed by atoms with Crippen LogP contribution in [0, 0.1) is 11.8 Å². The number of nitrogens with two attached hydrogens (primary N) is 1. The molecule has 0 aromatic rings. The Labute approximate surface area is 101 Å². The third-order valence-electron chi connectivity index (χ3n) is 3.27. The van der Waals surface area contributed by atoms with Crippen molar-refractivity contribution in [2.24, 2.45) is 17.6 Å². The molecule has 0 aromatic heterocycles. The van der Waals surface area contributed by atoms with E-state index in [2.05, 4.69) is 13.8 Å². The first kappa shape index (κ1) is 14.8. The van der Waals surface area contributed by atoms with Crippen molar-refractivity contribution < 1.29 is 17.9 Å². The number of ether oxygens (including phenoxy) is 1. The van der Waals surface area contributed by atoms with Crippen molar-refractivity contribution in [1.82, 2.24) is 0 Å². The van der Waals surface area contributed by atoms with Crippen LogP contribution >= 0.6 is 0 Å². The normalized spacial score (nSPS) is 34.4. The highest BCUT2D eigenvalue weighted by molar-refractivity contribution is 4.82. The molecule has 2 nitrogen and oxygen atoms in total. The van der Waals surface area contributed by atoms with Crippen LogP contribution in [0.2, 0.25) is 0 Å². The van der Waals surface area contributed by atoms with Crippen LogP contribution in [-0.2, 0) is 4.74 Å². The third kappa shape index (κ3) is 4.47. The molecule has 4 atom stereocenters. The zero-order valence-electron chi connectivity index (χ0n) is 10.6. The number of alkyl halides is 3. The fourth-order valence-electron chi connectivity index (χ4n) is 2.69. The summed E-state index contributed by atoms with van der Waals surface area (Å²) in [5.74, 6) is 0.844. The number of hydrogen-bond donors (Lipinski definition) is 1. The van der Waals surface area contributed by atoms with Crippen LogP contribution in [-0.4, -0.2) is 24.4 Å². The fraction of sp³-hybridized carbons (Fsp3) is 1.00. The minimum atomic E-state index is -4.38. The van der Waals surface area contributed by atoms with Crippen molar-refractivity contribution in [3.8, 4) is 0 Å². The van der Waals surface area contributed by atoms with Gasteiger partial charge in [0.1, 0.15) is 0 Å². The lowest BCUT2D eigenvalue weighted by Gasteiger charge is -2.35. The van der Waals surface area contributed by atoms with E-state index in [-0.39, 0.29) is 6.10 Å². The van der Waals surface area contributed by atoms with Crippen molar-refractivity contribution >= 4 is 0 Å². The molecule has 2 N–H and O–H groups in total. The summed E-state index contributed by atoms with van der Waals surface area (Å²) in [6, 6.07) is -1.03. The Morgan fingerprint density at radius 1 is 1.12 bits per heavy atom. The summed E-state index contributed by atoms with van der Waals surface area (Å²) in [6.45, 7) is 5.45. The Balaban J connectivity index is 2.61. The van der Waals surface area contributed by atoms with Gasteiger partial charge in [-0.05, 0) is 38.0 Å². The van der Waals surface area contributed by atoms with Crippen molar-refractivity contribution in [3.63, 3.8) is 0 Å². The molecule has 1 aliphatic rings. The van der Waals surface area contributed by atoms with Crippen molar-refractivity contribution in [1.29, 1.82) is 0 Å². The molecular weight excluding hydrogens is 231 g/mol. The van der Waals surface area contributed by atoms with Crippen LogP contribution in [0.4, 0.5) is 13.2 Å². The van der Waals surface area contributed by atoms with E-state index in [0.717, 1.165) is 6.42 Å². The molecule has 17 heavy (non-hydrogen) atoms. The van der Waals surface area contributed by atoms with Gasteiger partial charge in [-0.1, -0.05) is 13.8 Å². The zero-order valence-corrected chi connectivity index (χ0v) is 10.6. The summed E-state index contributed by atoms with van der Waals surface area (Å²) >= 11 is 0. The maximum absolute atomic E-state index is 12.7. The molecule has 1 aliphatic carbocycles. The Morgan fingerprint density at radius 2 is 1.59 bits per heavy atom. The highest BCUT2D eigenvalue weighted by Crippen LogP contribution is 2.34. The maximum atomic E-state index is 12.7. The van der Waals surface area contributed by atoms with Crippen LogP contribution in [0.5, 0.6) is 0 Å². The van der Waals surface area contributed by atoms with E-state index in [1.165, 1.54) is 6.92 Å². The van der Waals surface area contributed by atoms with E-state index < -0.39 is 18.3 Å². The second-order valence-corrected chi connectivity index (χ2v) is 5.50. The van der Waals surface area contributed by atoms with Crippen LogP contribution in [0.25, 0.3) is 0 Å². The molecule has 5 heteroatoms. The molecule has 0 aliphatic heterocycles. The number of halogens is 3. The lowest BCUT2D eigenvalue weighted by molar-refractivity contribution is -0.242. The molecular formula is C12H22F3NO. The topological polar surface area (TPSA) is 35.2 Å². The van der Waals surface area contributed by atoms with Gasteiger partial charge in [-0.2, -0.15) is 13.2 Å². The van der Waals surface area contributed by atoms with Crippen molar-refractivity contribution in [2.45, 2.75) is 64.5 Å². The first-order valence-corrected chi connectivity index (χ1v) is 6.18. The lowest BCUT2D eigenvalue weighted by Crippen LogP contribution is -2.48. The molecule has 4 unspecified atom stereocenters. The van der Waals surface area contributed by atoms with E-state index in [9.17, 15) is 13.2 Å². The Kier molecular flexibility index (Phi) is 4.84. The Hall–Kier alpha value is -0.290. The standard InChI is InChI=1S/C12H22F3NO/c1-7-4-8(2)6-10(5-7)17-11(9(3)16)12(13,14)15/h7-11H,4-6,16H2,1-3H3. The maximum Gasteiger partial charge on any atom is 0.416 e. The summed E-state index contributed by atoms with van der Waals surface area (Å²) in [7, 11) is 0. The zero-order chi connectivity index (χ0) is 13.2. The van der Waals surface area contributed by atoms with E-state index in [0.29, 0.717) is 24.7 Å². The van der Waals surface area contributed by atoms with Crippen LogP contribution in [0.1, 0.15) is 40.0 Å². The summed E-state index contributed by atoms with van der Waals surface area (Å²) in [5.41, 5.74) is 5.36. The highest BCUT2D eigenvalue weighted by atomic mass is 19.4. The molecule has 0 saturated heterocycles. The number of hydrogen-bond acceptors (Lipinski definition) is 2. The number of rotatable bonds is 3. The molecule has 0 aromatic carbocycles. The largest absolute Gasteiger partial charge is 0.416 e. The van der Waals surface area contributed by atoms with Gasteiger partial charge in [0.15, 0.2) is 6.10 Å². The van der Waals surface area contributed by atoms with E-state index in [1.807, 2.05) is 0 Å². The van der Waals surface area contributed by atoms with Crippen LogP contribution < -0.4 is 5.73 Å². The second kappa shape index (κ2) is 5.57. The molecule has 1 fully saturated rings. The van der Waals surface area contributed by atoms with Gasteiger partial charge in [-0.15, -0.1) is 0 Å². The second-order valence-electron chi connectivity index (χ2n) is 5.50. The molecule has 0 spiro atoms. The van der Waals surface area contributed by atoms with Gasteiger partial charge < -0.3 is 10.5 Å². The average molecular weight is 253 g/mol. The van der Waals surface area contributed by atoms with Gasteiger partial charge >= 0.3 is 6.18 Å². The van der Waals surface area contributed by atoms with Gasteiger partial charge in [-0.3, -0.25) is 0 Å². The van der Waals surface area contributed by atoms with Crippen LogP contribution in [0.15, 0.2) is 0 Å². The molecule has 0 amide bonds. The SMILES string of the molecule is CC1CC(C)CC(OC(C(C)N)C(F)(F)F)C1. The fourth-order valence-corrected chi connectivity index (χ4v) is 2.69. The van der Waals surface area contributed by atoms with Crippen LogP contribution in [0.3, 0.4) is 0 Å². The quantitative estimate of drug-likeness (QED) is 0.838. The molecule has 1 saturated carbocycles. The first-order valence-electron chi connectivity index (χ1n) is 6.18. The molecule has 0 radical (unpaired) electrons. The monoisotopic (exact) mass is 253 g/mol. The van der Waals surface area contributed by atoms with Gasteiger partial charge in [0.05, 0.1) is 6.10 Å². The van der Waals surface area contributed by atoms with E-state index in [1.54, 1.807) is 0 Å². The molecule has 102 valence electrons. The molecule has 0 heterocycles. The van der Waals surface area contributed by atoms with Gasteiger partial charge in [0.25, 0.3) is 0 Å². The van der Waals surface area contributed by atoms with E-state index in [4.69, 9.17) is 10.5 Å². The first-order chi connectivity index (χ1) is 7.70. The highest BCUT2D eigenvalue weighted by Gasteiger charge is 2.45. The smallest absolute Gasteiger partial charge is 0.364 e. The Bertz CT molecular complexity index is 232. The summed E-state index contributed by atoms with van der Waals surface area (Å²) < 4.78 is 43.4. The predicted molar refractivity (Wildman–Crippen MR) is 60.5 cm³/mol. The molecule has 1 rings (SSSR count). The predicted octanol–water partition coefficient (Wildman–Crippen LogP) is 3.11. The van der Waals surface area contributed by atoms with Gasteiger partial charge in [0.2, 0.25) is 0 Å². The van der Waals surface area contributed by atoms with Crippen molar-refractivity contribution in [2.75, 3.05) is 0 Å². The van der Waals surface area contributed by atoms with Gasteiger partial charge in [-0.25, -0.2) is 0 Å². The van der Waals surface area contributed by atoms with E-state index >= 15 is 0 Å². The van der Waals surface area contributed by atoms with Crippen molar-refractivity contribution in [3.05, 3.63) is 0 Å². The minimum Gasteiger partial charge on any atom is -0.364 e. The van der Waals surface area contributed by atoms with Gasteiger partial charge in [0, 0.05) is 6.04 Å². The summed E-state index contributed by atoms with van der Waals surface area (Å²) in [6.07, 6.45) is -4.07. The third-order valence-corrected chi connectivity index (χ3v) is 3.27. The summed E-state index contributed by atoms with van der Waals surface area (Å²) in [5, 5.41) is 0. The minimum absolute atomic E-state index is 0.314.